The molecule has 2 aromatic carbocycles. The normalized spacial score (nSPS) is 20.1. The van der Waals surface area contributed by atoms with Crippen molar-refractivity contribution in [3.05, 3.63) is 59.7 Å². The zero-order valence-corrected chi connectivity index (χ0v) is 14.6. The molecular formula is C21H26N2O. The van der Waals surface area contributed by atoms with Crippen LogP contribution in [0.25, 0.3) is 11.1 Å². The number of rotatable bonds is 5. The van der Waals surface area contributed by atoms with E-state index < -0.39 is 5.54 Å². The Balaban J connectivity index is 1.79. The molecular weight excluding hydrogens is 296 g/mol. The highest BCUT2D eigenvalue weighted by atomic mass is 16.2. The average molecular weight is 322 g/mol. The Hall–Kier alpha value is -2.13. The minimum Gasteiger partial charge on any atom is -0.355 e. The molecule has 0 aromatic heterocycles. The first kappa shape index (κ1) is 16.7. The second-order valence-electron chi connectivity index (χ2n) is 6.72. The summed E-state index contributed by atoms with van der Waals surface area (Å²) in [6.45, 7) is 5.67. The molecule has 24 heavy (non-hydrogen) atoms. The minimum atomic E-state index is -0.444. The molecule has 0 spiro atoms. The SMILES string of the molecule is CCNC(=O)C1(Cc2ccc(-c3cccc(C)c3)cc2)CCCN1. The maximum Gasteiger partial charge on any atom is 0.240 e. The van der Waals surface area contributed by atoms with Crippen LogP contribution in [0.3, 0.4) is 0 Å². The number of amides is 1. The molecule has 2 N–H and O–H groups in total. The summed E-state index contributed by atoms with van der Waals surface area (Å²) >= 11 is 0. The van der Waals surface area contributed by atoms with Crippen molar-refractivity contribution in [3.63, 3.8) is 0 Å². The van der Waals surface area contributed by atoms with E-state index in [0.717, 1.165) is 25.8 Å². The second-order valence-corrected chi connectivity index (χ2v) is 6.72. The molecule has 1 amide bonds. The first-order valence-electron chi connectivity index (χ1n) is 8.82. The predicted molar refractivity (Wildman–Crippen MR) is 99.0 cm³/mol. The molecule has 3 heteroatoms. The van der Waals surface area contributed by atoms with Gasteiger partial charge >= 0.3 is 0 Å². The third kappa shape index (κ3) is 3.51. The molecule has 1 aliphatic heterocycles. The number of likely N-dealkylation sites (N-methyl/N-ethyl adjacent to an activating group) is 1. The summed E-state index contributed by atoms with van der Waals surface area (Å²) in [5.41, 5.74) is 4.47. The van der Waals surface area contributed by atoms with Crippen LogP contribution in [-0.4, -0.2) is 24.5 Å². The molecule has 1 saturated heterocycles. The van der Waals surface area contributed by atoms with Gasteiger partial charge in [0.15, 0.2) is 0 Å². The first-order valence-corrected chi connectivity index (χ1v) is 8.82. The van der Waals surface area contributed by atoms with E-state index >= 15 is 0 Å². The number of nitrogens with one attached hydrogen (secondary N) is 2. The fraction of sp³-hybridized carbons (Fsp3) is 0.381. The van der Waals surface area contributed by atoms with Crippen LogP contribution in [0.5, 0.6) is 0 Å². The Bertz CT molecular complexity index is 700. The van der Waals surface area contributed by atoms with Gasteiger partial charge < -0.3 is 10.6 Å². The molecule has 3 rings (SSSR count). The molecule has 126 valence electrons. The molecule has 1 aliphatic rings. The average Bonchev–Trinajstić information content (AvgIpc) is 3.06. The van der Waals surface area contributed by atoms with Gasteiger partial charge in [-0.2, -0.15) is 0 Å². The third-order valence-corrected chi connectivity index (χ3v) is 4.83. The predicted octanol–water partition coefficient (Wildman–Crippen LogP) is 3.46. The van der Waals surface area contributed by atoms with Gasteiger partial charge in [-0.05, 0) is 56.3 Å². The van der Waals surface area contributed by atoms with Crippen LogP contribution in [0.2, 0.25) is 0 Å². The van der Waals surface area contributed by atoms with Gasteiger partial charge in [0.1, 0.15) is 5.54 Å². The number of hydrogen-bond acceptors (Lipinski definition) is 2. The summed E-state index contributed by atoms with van der Waals surface area (Å²) in [5.74, 6) is 0.130. The van der Waals surface area contributed by atoms with Crippen LogP contribution in [0.15, 0.2) is 48.5 Å². The molecule has 2 aromatic rings. The maximum atomic E-state index is 12.5. The summed E-state index contributed by atoms with van der Waals surface area (Å²) in [6, 6.07) is 17.2. The van der Waals surface area contributed by atoms with E-state index in [1.165, 1.54) is 22.3 Å². The van der Waals surface area contributed by atoms with E-state index in [1.807, 2.05) is 6.92 Å². The van der Waals surface area contributed by atoms with Crippen molar-refractivity contribution >= 4 is 5.91 Å². The quantitative estimate of drug-likeness (QED) is 0.885. The zero-order valence-electron chi connectivity index (χ0n) is 14.6. The van der Waals surface area contributed by atoms with Crippen LogP contribution in [0, 0.1) is 6.92 Å². The van der Waals surface area contributed by atoms with Gasteiger partial charge in [0.25, 0.3) is 0 Å². The Labute approximate surface area is 144 Å². The van der Waals surface area contributed by atoms with Gasteiger partial charge in [-0.1, -0.05) is 54.1 Å². The Morgan fingerprint density at radius 2 is 1.96 bits per heavy atom. The summed E-state index contributed by atoms with van der Waals surface area (Å²) in [4.78, 5) is 12.5. The molecule has 0 saturated carbocycles. The topological polar surface area (TPSA) is 41.1 Å². The van der Waals surface area contributed by atoms with E-state index in [0.29, 0.717) is 6.54 Å². The van der Waals surface area contributed by atoms with Gasteiger partial charge in [-0.25, -0.2) is 0 Å². The molecule has 1 fully saturated rings. The molecule has 1 heterocycles. The fourth-order valence-electron chi connectivity index (χ4n) is 3.55. The number of carbonyl (C=O) groups is 1. The van der Waals surface area contributed by atoms with Crippen molar-refractivity contribution < 1.29 is 4.79 Å². The van der Waals surface area contributed by atoms with Gasteiger partial charge in [-0.3, -0.25) is 4.79 Å². The summed E-state index contributed by atoms with van der Waals surface area (Å²) in [5, 5.41) is 6.44. The van der Waals surface area contributed by atoms with Crippen LogP contribution < -0.4 is 10.6 Å². The Morgan fingerprint density at radius 3 is 2.58 bits per heavy atom. The van der Waals surface area contributed by atoms with Crippen molar-refractivity contribution in [1.82, 2.24) is 10.6 Å². The molecule has 0 radical (unpaired) electrons. The monoisotopic (exact) mass is 322 g/mol. The third-order valence-electron chi connectivity index (χ3n) is 4.83. The number of aryl methyl sites for hydroxylation is 1. The van der Waals surface area contributed by atoms with Crippen molar-refractivity contribution in [1.29, 1.82) is 0 Å². The zero-order chi connectivity index (χ0) is 17.0. The summed E-state index contributed by atoms with van der Waals surface area (Å²) in [6.07, 6.45) is 2.70. The highest BCUT2D eigenvalue weighted by molar-refractivity contribution is 5.87. The minimum absolute atomic E-state index is 0.130. The van der Waals surface area contributed by atoms with Crippen molar-refractivity contribution in [2.75, 3.05) is 13.1 Å². The van der Waals surface area contributed by atoms with Gasteiger partial charge in [-0.15, -0.1) is 0 Å². The summed E-state index contributed by atoms with van der Waals surface area (Å²) < 4.78 is 0. The van der Waals surface area contributed by atoms with Crippen molar-refractivity contribution in [2.24, 2.45) is 0 Å². The first-order chi connectivity index (χ1) is 11.6. The van der Waals surface area contributed by atoms with Crippen LogP contribution in [0.4, 0.5) is 0 Å². The lowest BCUT2D eigenvalue weighted by Crippen LogP contribution is -2.55. The van der Waals surface area contributed by atoms with Gasteiger partial charge in [0.2, 0.25) is 5.91 Å². The molecule has 0 aliphatic carbocycles. The van der Waals surface area contributed by atoms with Crippen LogP contribution >= 0.6 is 0 Å². The number of carbonyl (C=O) groups excluding carboxylic acids is 1. The van der Waals surface area contributed by atoms with E-state index in [2.05, 4.69) is 66.1 Å². The largest absolute Gasteiger partial charge is 0.355 e. The van der Waals surface area contributed by atoms with Crippen molar-refractivity contribution in [3.8, 4) is 11.1 Å². The fourth-order valence-corrected chi connectivity index (χ4v) is 3.55. The van der Waals surface area contributed by atoms with E-state index in [1.54, 1.807) is 0 Å². The lowest BCUT2D eigenvalue weighted by Gasteiger charge is -2.28. The maximum absolute atomic E-state index is 12.5. The highest BCUT2D eigenvalue weighted by Gasteiger charge is 2.40. The van der Waals surface area contributed by atoms with E-state index in [-0.39, 0.29) is 5.91 Å². The number of benzene rings is 2. The molecule has 0 bridgehead atoms. The molecule has 3 nitrogen and oxygen atoms in total. The van der Waals surface area contributed by atoms with E-state index in [4.69, 9.17) is 0 Å². The van der Waals surface area contributed by atoms with Gasteiger partial charge in [0.05, 0.1) is 0 Å². The second kappa shape index (κ2) is 7.18. The molecule has 1 unspecified atom stereocenters. The number of hydrogen-bond donors (Lipinski definition) is 2. The lowest BCUT2D eigenvalue weighted by molar-refractivity contribution is -0.127. The van der Waals surface area contributed by atoms with Crippen LogP contribution in [0.1, 0.15) is 30.9 Å². The molecule has 1 atom stereocenters. The Morgan fingerprint density at radius 1 is 1.17 bits per heavy atom. The summed E-state index contributed by atoms with van der Waals surface area (Å²) in [7, 11) is 0. The van der Waals surface area contributed by atoms with E-state index in [9.17, 15) is 4.79 Å². The van der Waals surface area contributed by atoms with Gasteiger partial charge in [0, 0.05) is 6.54 Å². The van der Waals surface area contributed by atoms with Crippen molar-refractivity contribution in [2.45, 2.75) is 38.6 Å². The standard InChI is InChI=1S/C21H26N2O/c1-3-22-20(24)21(12-5-13-23-21)15-17-8-10-18(11-9-17)19-7-4-6-16(2)14-19/h4,6-11,14,23H,3,5,12-13,15H2,1-2H3,(H,22,24). The highest BCUT2D eigenvalue weighted by Crippen LogP contribution is 2.26. The lowest BCUT2D eigenvalue weighted by atomic mass is 9.87. The smallest absolute Gasteiger partial charge is 0.240 e. The van der Waals surface area contributed by atoms with Crippen LogP contribution in [-0.2, 0) is 11.2 Å². The Kier molecular flexibility index (Phi) is 5.00.